The Bertz CT molecular complexity index is 398. The molecule has 0 aliphatic heterocycles. The maximum Gasteiger partial charge on any atom is 0.307 e. The number of nitrogens with zero attached hydrogens (tertiary/aromatic N) is 3. The van der Waals surface area contributed by atoms with Crippen LogP contribution in [-0.4, -0.2) is 29.3 Å². The monoisotopic (exact) mass is 240 g/mol. The van der Waals surface area contributed by atoms with E-state index < -0.39 is 0 Å². The minimum Gasteiger partial charge on any atom is -0.469 e. The molecule has 0 bridgehead atoms. The first kappa shape index (κ1) is 12.4. The van der Waals surface area contributed by atoms with Crippen LogP contribution < -0.4 is 5.32 Å². The highest BCUT2D eigenvalue weighted by atomic mass is 32.1. The Morgan fingerprint density at radius 2 is 2.44 bits per heavy atom. The number of nitrogens with one attached hydrogen (secondary N) is 1. The number of anilines is 1. The number of rotatable bonds is 5. The molecule has 1 aromatic heterocycles. The Morgan fingerprint density at radius 3 is 2.94 bits per heavy atom. The first-order chi connectivity index (χ1) is 7.69. The molecule has 0 saturated heterocycles. The van der Waals surface area contributed by atoms with Gasteiger partial charge in [-0.2, -0.15) is 5.26 Å². The minimum absolute atomic E-state index is 0.0491. The molecule has 0 aliphatic rings. The molecule has 1 aromatic rings. The number of hydrogen-bond donors (Lipinski definition) is 1. The Labute approximate surface area is 97.3 Å². The van der Waals surface area contributed by atoms with Gasteiger partial charge in [0.1, 0.15) is 6.07 Å². The third-order valence-corrected chi connectivity index (χ3v) is 2.74. The van der Waals surface area contributed by atoms with Crippen LogP contribution in [0.3, 0.4) is 0 Å². The third-order valence-electron chi connectivity index (χ3n) is 1.98. The van der Waals surface area contributed by atoms with Crippen molar-refractivity contribution in [1.82, 2.24) is 10.2 Å². The van der Waals surface area contributed by atoms with Crippen LogP contribution in [0.1, 0.15) is 24.8 Å². The number of methoxy groups -OCH3 is 1. The highest BCUT2D eigenvalue weighted by Crippen LogP contribution is 2.17. The van der Waals surface area contributed by atoms with Gasteiger partial charge >= 0.3 is 5.97 Å². The van der Waals surface area contributed by atoms with Gasteiger partial charge < -0.3 is 10.1 Å². The number of carbonyl (C=O) groups excluding carboxylic acids is 1. The summed E-state index contributed by atoms with van der Waals surface area (Å²) in [6, 6.07) is 1.85. The second kappa shape index (κ2) is 6.02. The van der Waals surface area contributed by atoms with E-state index >= 15 is 0 Å². The van der Waals surface area contributed by atoms with Crippen molar-refractivity contribution < 1.29 is 9.53 Å². The van der Waals surface area contributed by atoms with E-state index in [0.29, 0.717) is 10.1 Å². The molecule has 86 valence electrons. The molecule has 1 atom stereocenters. The van der Waals surface area contributed by atoms with Gasteiger partial charge in [0, 0.05) is 6.04 Å². The second-order valence-electron chi connectivity index (χ2n) is 3.05. The van der Waals surface area contributed by atoms with Crippen molar-refractivity contribution in [2.45, 2.75) is 25.8 Å². The molecule has 0 unspecified atom stereocenters. The standard InChI is InChI=1S/C9H12N4O2S/c1-3-6(4-8(14)15-2)11-9-13-12-7(5-10)16-9/h6H,3-4H2,1-2H3,(H,11,13)/t6-/m0/s1. The Hall–Kier alpha value is -1.68. The largest absolute Gasteiger partial charge is 0.469 e. The normalized spacial score (nSPS) is 11.6. The second-order valence-corrected chi connectivity index (χ2v) is 4.03. The van der Waals surface area contributed by atoms with Crippen LogP contribution in [0.2, 0.25) is 0 Å². The number of esters is 1. The van der Waals surface area contributed by atoms with E-state index in [1.165, 1.54) is 7.11 Å². The molecule has 7 heteroatoms. The van der Waals surface area contributed by atoms with Gasteiger partial charge in [-0.15, -0.1) is 10.2 Å². The van der Waals surface area contributed by atoms with Crippen LogP contribution in [0.25, 0.3) is 0 Å². The summed E-state index contributed by atoms with van der Waals surface area (Å²) in [5.74, 6) is -0.274. The predicted molar refractivity (Wildman–Crippen MR) is 59.0 cm³/mol. The molecule has 0 fully saturated rings. The molecule has 6 nitrogen and oxygen atoms in total. The molecule has 16 heavy (non-hydrogen) atoms. The van der Waals surface area contributed by atoms with E-state index in [9.17, 15) is 4.79 Å². The van der Waals surface area contributed by atoms with Crippen molar-refractivity contribution in [2.24, 2.45) is 0 Å². The maximum absolute atomic E-state index is 11.1. The van der Waals surface area contributed by atoms with Gasteiger partial charge in [0.25, 0.3) is 0 Å². The number of ether oxygens (including phenoxy) is 1. The zero-order valence-electron chi connectivity index (χ0n) is 9.06. The smallest absolute Gasteiger partial charge is 0.307 e. The van der Waals surface area contributed by atoms with E-state index in [1.54, 1.807) is 0 Å². The van der Waals surface area contributed by atoms with Crippen molar-refractivity contribution in [3.8, 4) is 6.07 Å². The summed E-state index contributed by atoms with van der Waals surface area (Å²) < 4.78 is 4.58. The lowest BCUT2D eigenvalue weighted by Crippen LogP contribution is -2.22. The fourth-order valence-corrected chi connectivity index (χ4v) is 1.70. The van der Waals surface area contributed by atoms with Crippen LogP contribution in [0, 0.1) is 11.3 Å². The van der Waals surface area contributed by atoms with Crippen molar-refractivity contribution in [1.29, 1.82) is 5.26 Å². The summed E-state index contributed by atoms with van der Waals surface area (Å²) in [4.78, 5) is 11.1. The molecular formula is C9H12N4O2S. The lowest BCUT2D eigenvalue weighted by molar-refractivity contribution is -0.140. The quantitative estimate of drug-likeness (QED) is 0.777. The Morgan fingerprint density at radius 1 is 1.69 bits per heavy atom. The zero-order chi connectivity index (χ0) is 12.0. The number of hydrogen-bond acceptors (Lipinski definition) is 7. The summed E-state index contributed by atoms with van der Waals surface area (Å²) in [5.41, 5.74) is 0. The third kappa shape index (κ3) is 3.47. The molecule has 1 N–H and O–H groups in total. The van der Waals surface area contributed by atoms with Gasteiger partial charge in [0.15, 0.2) is 0 Å². The molecule has 1 heterocycles. The van der Waals surface area contributed by atoms with Crippen molar-refractivity contribution >= 4 is 22.4 Å². The van der Waals surface area contributed by atoms with Gasteiger partial charge in [0.2, 0.25) is 10.1 Å². The van der Waals surface area contributed by atoms with E-state index in [4.69, 9.17) is 5.26 Å². The van der Waals surface area contributed by atoms with Gasteiger partial charge in [-0.25, -0.2) is 0 Å². The molecule has 0 aliphatic carbocycles. The summed E-state index contributed by atoms with van der Waals surface area (Å²) in [5, 5.41) is 19.9. The van der Waals surface area contributed by atoms with Gasteiger partial charge in [-0.3, -0.25) is 4.79 Å². The highest BCUT2D eigenvalue weighted by molar-refractivity contribution is 7.15. The van der Waals surface area contributed by atoms with Gasteiger partial charge in [0.05, 0.1) is 13.5 Å². The van der Waals surface area contributed by atoms with Crippen LogP contribution in [0.5, 0.6) is 0 Å². The summed E-state index contributed by atoms with van der Waals surface area (Å²) >= 11 is 1.16. The molecule has 0 spiro atoms. The number of carbonyl (C=O) groups is 1. The number of aromatic nitrogens is 2. The first-order valence-corrected chi connectivity index (χ1v) is 5.58. The molecular weight excluding hydrogens is 228 g/mol. The average molecular weight is 240 g/mol. The fraction of sp³-hybridized carbons (Fsp3) is 0.556. The van der Waals surface area contributed by atoms with Crippen LogP contribution in [0.4, 0.5) is 5.13 Å². The molecule has 0 amide bonds. The SMILES string of the molecule is CC[C@@H](CC(=O)OC)Nc1nnc(C#N)s1. The van der Waals surface area contributed by atoms with Crippen LogP contribution >= 0.6 is 11.3 Å². The topological polar surface area (TPSA) is 87.9 Å². The van der Waals surface area contributed by atoms with E-state index in [0.717, 1.165) is 17.8 Å². The predicted octanol–water partition coefficient (Wildman–Crippen LogP) is 1.16. The molecule has 0 aromatic carbocycles. The maximum atomic E-state index is 11.1. The van der Waals surface area contributed by atoms with Gasteiger partial charge in [-0.05, 0) is 6.42 Å². The Kier molecular flexibility index (Phi) is 4.66. The van der Waals surface area contributed by atoms with E-state index in [1.807, 2.05) is 13.0 Å². The van der Waals surface area contributed by atoms with Crippen LogP contribution in [-0.2, 0) is 9.53 Å². The fourth-order valence-electron chi connectivity index (χ4n) is 1.08. The Balaban J connectivity index is 2.56. The van der Waals surface area contributed by atoms with Crippen molar-refractivity contribution in [3.05, 3.63) is 5.01 Å². The van der Waals surface area contributed by atoms with E-state index in [2.05, 4.69) is 20.3 Å². The number of nitriles is 1. The van der Waals surface area contributed by atoms with E-state index in [-0.39, 0.29) is 18.4 Å². The highest BCUT2D eigenvalue weighted by Gasteiger charge is 2.14. The minimum atomic E-state index is -0.274. The lowest BCUT2D eigenvalue weighted by Gasteiger charge is -2.13. The van der Waals surface area contributed by atoms with Crippen LogP contribution in [0.15, 0.2) is 0 Å². The zero-order valence-corrected chi connectivity index (χ0v) is 9.87. The lowest BCUT2D eigenvalue weighted by atomic mass is 10.1. The molecule has 1 rings (SSSR count). The van der Waals surface area contributed by atoms with Crippen molar-refractivity contribution in [3.63, 3.8) is 0 Å². The van der Waals surface area contributed by atoms with Crippen molar-refractivity contribution in [2.75, 3.05) is 12.4 Å². The average Bonchev–Trinajstić information content (AvgIpc) is 2.75. The summed E-state index contributed by atoms with van der Waals surface area (Å²) in [7, 11) is 1.35. The first-order valence-electron chi connectivity index (χ1n) is 4.76. The molecule has 0 radical (unpaired) electrons. The molecule has 0 saturated carbocycles. The summed E-state index contributed by atoms with van der Waals surface area (Å²) in [6.45, 7) is 1.95. The summed E-state index contributed by atoms with van der Waals surface area (Å²) in [6.07, 6.45) is 1.03. The van der Waals surface area contributed by atoms with Gasteiger partial charge in [-0.1, -0.05) is 18.3 Å².